The van der Waals surface area contributed by atoms with Crippen LogP contribution in [-0.2, 0) is 16.1 Å². The molecular formula is C19H20BrN5O5S2. The summed E-state index contributed by atoms with van der Waals surface area (Å²) in [5.74, 6) is -0.597. The molecule has 10 nitrogen and oxygen atoms in total. The van der Waals surface area contributed by atoms with Crippen molar-refractivity contribution in [2.24, 2.45) is 5.73 Å². The Kier molecular flexibility index (Phi) is 7.74. The third-order valence-corrected chi connectivity index (χ3v) is 6.92. The van der Waals surface area contributed by atoms with Crippen LogP contribution in [0.15, 0.2) is 26.4 Å². The third-order valence-electron chi connectivity index (χ3n) is 4.30. The highest BCUT2D eigenvalue weighted by molar-refractivity contribution is 9.10. The van der Waals surface area contributed by atoms with E-state index in [1.54, 1.807) is 19.1 Å². The fourth-order valence-electron chi connectivity index (χ4n) is 2.91. The van der Waals surface area contributed by atoms with Crippen molar-refractivity contribution in [2.45, 2.75) is 32.0 Å². The van der Waals surface area contributed by atoms with Gasteiger partial charge in [-0.25, -0.2) is 4.79 Å². The number of ether oxygens (including phenoxy) is 1. The molecule has 0 radical (unpaired) electrons. The van der Waals surface area contributed by atoms with Gasteiger partial charge in [0.05, 0.1) is 23.3 Å². The molecule has 0 spiro atoms. The van der Waals surface area contributed by atoms with Crippen molar-refractivity contribution in [1.82, 2.24) is 14.8 Å². The number of amides is 2. The molecule has 0 aliphatic carbocycles. The number of nitrogens with one attached hydrogen (secondary N) is 1. The highest BCUT2D eigenvalue weighted by Crippen LogP contribution is 2.34. The van der Waals surface area contributed by atoms with E-state index in [0.717, 1.165) is 17.8 Å². The van der Waals surface area contributed by atoms with Gasteiger partial charge in [-0.3, -0.25) is 14.2 Å². The Hall–Kier alpha value is -2.64. The van der Waals surface area contributed by atoms with Crippen LogP contribution >= 0.6 is 39.0 Å². The molecule has 0 fully saturated rings. The number of aromatic nitrogens is 3. The lowest BCUT2D eigenvalue weighted by molar-refractivity contribution is -0.113. The van der Waals surface area contributed by atoms with Gasteiger partial charge in [-0.2, -0.15) is 0 Å². The van der Waals surface area contributed by atoms with Gasteiger partial charge in [-0.15, -0.1) is 21.5 Å². The molecule has 170 valence electrons. The minimum atomic E-state index is -0.683. The number of hydrogen-bond acceptors (Lipinski definition) is 9. The van der Waals surface area contributed by atoms with Crippen molar-refractivity contribution in [2.75, 3.05) is 18.2 Å². The number of halogens is 1. The number of rotatable bonds is 9. The van der Waals surface area contributed by atoms with E-state index >= 15 is 0 Å². The summed E-state index contributed by atoms with van der Waals surface area (Å²) in [6.45, 7) is 4.24. The van der Waals surface area contributed by atoms with E-state index in [-0.39, 0.29) is 27.1 Å². The van der Waals surface area contributed by atoms with Gasteiger partial charge < -0.3 is 20.2 Å². The average Bonchev–Trinajstić information content (AvgIpc) is 3.43. The number of nitrogens with zero attached hydrogens (tertiary/aromatic N) is 3. The van der Waals surface area contributed by atoms with E-state index < -0.39 is 11.9 Å². The molecule has 3 aromatic rings. The molecule has 0 aromatic carbocycles. The van der Waals surface area contributed by atoms with Crippen LogP contribution in [0.2, 0.25) is 0 Å². The molecule has 3 heterocycles. The SMILES string of the molecule is CCCn1c(SCC(=O)Nc2sc(C(N)=O)c(C)c2C(=O)OC)nnc1-c1ccc(Br)o1. The molecule has 2 amide bonds. The lowest BCUT2D eigenvalue weighted by Crippen LogP contribution is -2.16. The van der Waals surface area contributed by atoms with E-state index in [0.29, 0.717) is 33.5 Å². The predicted octanol–water partition coefficient (Wildman–Crippen LogP) is 3.70. The zero-order valence-corrected chi connectivity index (χ0v) is 20.6. The second kappa shape index (κ2) is 10.3. The Balaban J connectivity index is 1.77. The minimum absolute atomic E-state index is 0.00710. The normalized spacial score (nSPS) is 10.9. The van der Waals surface area contributed by atoms with Gasteiger partial charge in [0, 0.05) is 6.54 Å². The Morgan fingerprint density at radius 2 is 2.09 bits per heavy atom. The lowest BCUT2D eigenvalue weighted by Gasteiger charge is -2.08. The van der Waals surface area contributed by atoms with Crippen molar-refractivity contribution >= 4 is 61.8 Å². The number of carbonyl (C=O) groups is 3. The van der Waals surface area contributed by atoms with E-state index in [2.05, 4.69) is 31.4 Å². The summed E-state index contributed by atoms with van der Waals surface area (Å²) in [5.41, 5.74) is 5.86. The van der Waals surface area contributed by atoms with Crippen molar-refractivity contribution in [3.63, 3.8) is 0 Å². The summed E-state index contributed by atoms with van der Waals surface area (Å²) in [5, 5.41) is 11.8. The van der Waals surface area contributed by atoms with Crippen LogP contribution < -0.4 is 11.1 Å². The highest BCUT2D eigenvalue weighted by atomic mass is 79.9. The quantitative estimate of drug-likeness (QED) is 0.308. The molecule has 0 atom stereocenters. The fraction of sp³-hybridized carbons (Fsp3) is 0.316. The Morgan fingerprint density at radius 3 is 2.69 bits per heavy atom. The van der Waals surface area contributed by atoms with Crippen LogP contribution in [0.1, 0.15) is 38.9 Å². The zero-order chi connectivity index (χ0) is 23.4. The monoisotopic (exact) mass is 541 g/mol. The molecule has 0 aliphatic rings. The van der Waals surface area contributed by atoms with Gasteiger partial charge in [-0.1, -0.05) is 18.7 Å². The first kappa shape index (κ1) is 24.0. The molecule has 3 aromatic heterocycles. The van der Waals surface area contributed by atoms with Crippen LogP contribution in [0, 0.1) is 6.92 Å². The Morgan fingerprint density at radius 1 is 1.34 bits per heavy atom. The molecule has 0 saturated heterocycles. The van der Waals surface area contributed by atoms with Gasteiger partial charge in [0.2, 0.25) is 11.7 Å². The number of furan rings is 1. The summed E-state index contributed by atoms with van der Waals surface area (Å²) in [7, 11) is 1.22. The zero-order valence-electron chi connectivity index (χ0n) is 17.4. The summed E-state index contributed by atoms with van der Waals surface area (Å²) in [4.78, 5) is 36.6. The van der Waals surface area contributed by atoms with Crippen LogP contribution in [-0.4, -0.2) is 45.4 Å². The first-order chi connectivity index (χ1) is 15.3. The maximum absolute atomic E-state index is 12.6. The summed E-state index contributed by atoms with van der Waals surface area (Å²) in [6.07, 6.45) is 0.833. The largest absolute Gasteiger partial charge is 0.465 e. The van der Waals surface area contributed by atoms with Gasteiger partial charge in [-0.05, 0) is 47.0 Å². The van der Waals surface area contributed by atoms with Gasteiger partial charge in [0.1, 0.15) is 5.00 Å². The smallest absolute Gasteiger partial charge is 0.341 e. The second-order valence-electron chi connectivity index (χ2n) is 6.51. The predicted molar refractivity (Wildman–Crippen MR) is 124 cm³/mol. The van der Waals surface area contributed by atoms with Crippen LogP contribution in [0.4, 0.5) is 5.00 Å². The second-order valence-corrected chi connectivity index (χ2v) is 9.26. The number of hydrogen-bond donors (Lipinski definition) is 2. The average molecular weight is 542 g/mol. The van der Waals surface area contributed by atoms with Crippen LogP contribution in [0.25, 0.3) is 11.6 Å². The molecule has 13 heteroatoms. The molecule has 32 heavy (non-hydrogen) atoms. The van der Waals surface area contributed by atoms with Gasteiger partial charge >= 0.3 is 5.97 Å². The molecule has 0 unspecified atom stereocenters. The summed E-state index contributed by atoms with van der Waals surface area (Å²) >= 11 is 5.41. The summed E-state index contributed by atoms with van der Waals surface area (Å²) in [6, 6.07) is 3.55. The maximum atomic E-state index is 12.6. The Labute approximate surface area is 200 Å². The molecule has 0 bridgehead atoms. The number of thiophene rings is 1. The lowest BCUT2D eigenvalue weighted by atomic mass is 10.1. The van der Waals surface area contributed by atoms with Gasteiger partial charge in [0.25, 0.3) is 5.91 Å². The molecule has 0 saturated carbocycles. The number of thioether (sulfide) groups is 1. The van der Waals surface area contributed by atoms with Crippen LogP contribution in [0.3, 0.4) is 0 Å². The number of carbonyl (C=O) groups excluding carboxylic acids is 3. The molecule has 0 aliphatic heterocycles. The van der Waals surface area contributed by atoms with Crippen molar-refractivity contribution in [1.29, 1.82) is 0 Å². The van der Waals surface area contributed by atoms with E-state index in [4.69, 9.17) is 14.9 Å². The summed E-state index contributed by atoms with van der Waals surface area (Å²) < 4.78 is 12.8. The number of methoxy groups -OCH3 is 1. The molecular weight excluding hydrogens is 522 g/mol. The number of nitrogens with two attached hydrogens (primary N) is 1. The fourth-order valence-corrected chi connectivity index (χ4v) is 5.05. The number of anilines is 1. The Bertz CT molecular complexity index is 1170. The van der Waals surface area contributed by atoms with Crippen molar-refractivity contribution in [3.8, 4) is 11.6 Å². The van der Waals surface area contributed by atoms with Crippen molar-refractivity contribution < 1.29 is 23.5 Å². The van der Waals surface area contributed by atoms with Gasteiger partial charge in [0.15, 0.2) is 15.6 Å². The van der Waals surface area contributed by atoms with E-state index in [1.165, 1.54) is 18.9 Å². The highest BCUT2D eigenvalue weighted by Gasteiger charge is 2.25. The first-order valence-corrected chi connectivity index (χ1v) is 12.0. The molecule has 3 rings (SSSR count). The topological polar surface area (TPSA) is 142 Å². The third kappa shape index (κ3) is 5.05. The minimum Gasteiger partial charge on any atom is -0.465 e. The number of primary amides is 1. The van der Waals surface area contributed by atoms with E-state index in [1.807, 2.05) is 11.5 Å². The first-order valence-electron chi connectivity index (χ1n) is 9.39. The van der Waals surface area contributed by atoms with Crippen molar-refractivity contribution in [3.05, 3.63) is 32.8 Å². The number of esters is 1. The van der Waals surface area contributed by atoms with E-state index in [9.17, 15) is 14.4 Å². The molecule has 3 N–H and O–H groups in total. The maximum Gasteiger partial charge on any atom is 0.341 e. The standard InChI is InChI=1S/C19H20BrN5O5S2/c1-4-7-25-16(10-5-6-11(20)30-10)23-24-19(25)31-8-12(26)22-17-13(18(28)29-3)9(2)14(32-17)15(21)27/h5-6H,4,7-8H2,1-3H3,(H2,21,27)(H,22,26). The van der Waals surface area contributed by atoms with Crippen LogP contribution in [0.5, 0.6) is 0 Å².